The van der Waals surface area contributed by atoms with Crippen LogP contribution in [0.1, 0.15) is 56.6 Å². The molecule has 2 N–H and O–H groups in total. The summed E-state index contributed by atoms with van der Waals surface area (Å²) in [6.45, 7) is -0.413. The van der Waals surface area contributed by atoms with Crippen LogP contribution in [0.2, 0.25) is 0 Å². The standard InChI is InChI=1S/C20H25F2N3O/c21-11-5-7-14(20(23)26)6-2-1-3-10-17-19-15(8-4-9-16(19)22)18-12-24-13-25(17)18/h4,8-9,12-14,17H,1-3,5-7,10-11H2,(H2,23,26). The molecule has 1 aromatic heterocycles. The zero-order valence-corrected chi connectivity index (χ0v) is 14.8. The van der Waals surface area contributed by atoms with Crippen molar-refractivity contribution < 1.29 is 13.6 Å². The molecule has 140 valence electrons. The fourth-order valence-corrected chi connectivity index (χ4v) is 3.94. The summed E-state index contributed by atoms with van der Waals surface area (Å²) >= 11 is 0. The predicted molar refractivity (Wildman–Crippen MR) is 96.7 cm³/mol. The van der Waals surface area contributed by atoms with Gasteiger partial charge in [-0.2, -0.15) is 0 Å². The highest BCUT2D eigenvalue weighted by molar-refractivity contribution is 5.76. The van der Waals surface area contributed by atoms with Crippen LogP contribution < -0.4 is 5.73 Å². The largest absolute Gasteiger partial charge is 0.369 e. The summed E-state index contributed by atoms with van der Waals surface area (Å²) in [5.74, 6) is -0.750. The van der Waals surface area contributed by atoms with E-state index in [1.165, 1.54) is 6.07 Å². The number of rotatable bonds is 10. The second kappa shape index (κ2) is 8.43. The van der Waals surface area contributed by atoms with Crippen LogP contribution in [0.5, 0.6) is 0 Å². The second-order valence-corrected chi connectivity index (χ2v) is 6.97. The number of unbranched alkanes of at least 4 members (excludes halogenated alkanes) is 2. The van der Waals surface area contributed by atoms with E-state index in [-0.39, 0.29) is 23.7 Å². The first-order valence-corrected chi connectivity index (χ1v) is 9.29. The van der Waals surface area contributed by atoms with E-state index < -0.39 is 6.67 Å². The van der Waals surface area contributed by atoms with Gasteiger partial charge in [0.25, 0.3) is 0 Å². The van der Waals surface area contributed by atoms with E-state index in [4.69, 9.17) is 5.73 Å². The van der Waals surface area contributed by atoms with Crippen molar-refractivity contribution in [3.8, 4) is 11.3 Å². The summed E-state index contributed by atoms with van der Waals surface area (Å²) in [4.78, 5) is 15.6. The SMILES string of the molecule is NC(=O)C(CCCF)CCCCCC1c2c(F)cccc2-c2cncn21. The van der Waals surface area contributed by atoms with Gasteiger partial charge in [-0.05, 0) is 31.7 Å². The molecule has 0 saturated carbocycles. The fraction of sp³-hybridized carbons (Fsp3) is 0.500. The van der Waals surface area contributed by atoms with Crippen LogP contribution >= 0.6 is 0 Å². The highest BCUT2D eigenvalue weighted by Crippen LogP contribution is 2.42. The van der Waals surface area contributed by atoms with Crippen LogP contribution in [0.3, 0.4) is 0 Å². The van der Waals surface area contributed by atoms with Gasteiger partial charge in [0, 0.05) is 17.0 Å². The highest BCUT2D eigenvalue weighted by Gasteiger charge is 2.30. The third-order valence-corrected chi connectivity index (χ3v) is 5.28. The van der Waals surface area contributed by atoms with Crippen molar-refractivity contribution in [2.45, 2.75) is 51.0 Å². The Bertz CT molecular complexity index is 759. The molecule has 2 heterocycles. The Labute approximate surface area is 152 Å². The number of aromatic nitrogens is 2. The molecule has 4 nitrogen and oxygen atoms in total. The van der Waals surface area contributed by atoms with Gasteiger partial charge in [0.1, 0.15) is 5.82 Å². The van der Waals surface area contributed by atoms with Crippen LogP contribution in [0.4, 0.5) is 8.78 Å². The number of imidazole rings is 1. The molecule has 1 amide bonds. The quantitative estimate of drug-likeness (QED) is 0.638. The van der Waals surface area contributed by atoms with E-state index in [0.717, 1.165) is 42.5 Å². The Balaban J connectivity index is 1.54. The normalized spacial score (nSPS) is 16.3. The minimum Gasteiger partial charge on any atom is -0.369 e. The third-order valence-electron chi connectivity index (χ3n) is 5.28. The van der Waals surface area contributed by atoms with Crippen molar-refractivity contribution in [3.63, 3.8) is 0 Å². The minimum atomic E-state index is -0.413. The molecule has 26 heavy (non-hydrogen) atoms. The van der Waals surface area contributed by atoms with Crippen molar-refractivity contribution in [1.82, 2.24) is 9.55 Å². The van der Waals surface area contributed by atoms with E-state index in [9.17, 15) is 13.6 Å². The van der Waals surface area contributed by atoms with Gasteiger partial charge in [-0.1, -0.05) is 31.4 Å². The zero-order valence-electron chi connectivity index (χ0n) is 14.8. The van der Waals surface area contributed by atoms with Crippen LogP contribution in [0.15, 0.2) is 30.7 Å². The summed E-state index contributed by atoms with van der Waals surface area (Å²) in [5.41, 5.74) is 8.03. The molecular weight excluding hydrogens is 336 g/mol. The van der Waals surface area contributed by atoms with Gasteiger partial charge in [-0.25, -0.2) is 9.37 Å². The fourth-order valence-electron chi connectivity index (χ4n) is 3.94. The molecule has 6 heteroatoms. The summed E-state index contributed by atoms with van der Waals surface area (Å²) < 4.78 is 28.7. The summed E-state index contributed by atoms with van der Waals surface area (Å²) in [5, 5.41) is 0. The zero-order chi connectivity index (χ0) is 18.5. The average molecular weight is 361 g/mol. The van der Waals surface area contributed by atoms with Crippen molar-refractivity contribution in [1.29, 1.82) is 0 Å². The Morgan fingerprint density at radius 1 is 1.23 bits per heavy atom. The lowest BCUT2D eigenvalue weighted by atomic mass is 9.94. The first-order valence-electron chi connectivity index (χ1n) is 9.29. The summed E-state index contributed by atoms with van der Waals surface area (Å²) in [7, 11) is 0. The number of halogens is 2. The molecule has 2 unspecified atom stereocenters. The molecule has 0 aliphatic carbocycles. The van der Waals surface area contributed by atoms with Crippen molar-refractivity contribution >= 4 is 5.91 Å². The van der Waals surface area contributed by atoms with E-state index in [2.05, 4.69) is 4.98 Å². The smallest absolute Gasteiger partial charge is 0.220 e. The average Bonchev–Trinajstić information content (AvgIpc) is 3.20. The van der Waals surface area contributed by atoms with Gasteiger partial charge in [0.2, 0.25) is 5.91 Å². The van der Waals surface area contributed by atoms with Crippen molar-refractivity contribution in [3.05, 3.63) is 42.1 Å². The van der Waals surface area contributed by atoms with Crippen LogP contribution in [0.25, 0.3) is 11.3 Å². The molecule has 1 aliphatic heterocycles. The first-order chi connectivity index (χ1) is 12.6. The molecule has 0 spiro atoms. The van der Waals surface area contributed by atoms with Gasteiger partial charge in [-0.15, -0.1) is 0 Å². The molecule has 2 aromatic rings. The highest BCUT2D eigenvalue weighted by atomic mass is 19.1. The van der Waals surface area contributed by atoms with Gasteiger partial charge in [0.05, 0.1) is 30.9 Å². The molecule has 3 rings (SSSR count). The molecule has 1 aliphatic rings. The molecule has 0 saturated heterocycles. The lowest BCUT2D eigenvalue weighted by molar-refractivity contribution is -0.122. The Kier molecular flexibility index (Phi) is 6.01. The Hall–Kier alpha value is -2.24. The van der Waals surface area contributed by atoms with Gasteiger partial charge in [0.15, 0.2) is 0 Å². The number of alkyl halides is 1. The third kappa shape index (κ3) is 3.79. The van der Waals surface area contributed by atoms with Crippen molar-refractivity contribution in [2.24, 2.45) is 11.7 Å². The predicted octanol–water partition coefficient (Wildman–Crippen LogP) is 4.39. The first kappa shape index (κ1) is 18.5. The number of hydrogen-bond donors (Lipinski definition) is 1. The molecule has 1 aromatic carbocycles. The number of carbonyl (C=O) groups excluding carboxylic acids is 1. The molecule has 0 bridgehead atoms. The number of fused-ring (bicyclic) bond motifs is 3. The van der Waals surface area contributed by atoms with E-state index in [1.807, 2.05) is 10.6 Å². The van der Waals surface area contributed by atoms with Crippen LogP contribution in [-0.2, 0) is 4.79 Å². The monoisotopic (exact) mass is 361 g/mol. The number of nitrogens with two attached hydrogens (primary N) is 1. The van der Waals surface area contributed by atoms with E-state index in [0.29, 0.717) is 19.3 Å². The van der Waals surface area contributed by atoms with Crippen LogP contribution in [-0.4, -0.2) is 22.1 Å². The van der Waals surface area contributed by atoms with E-state index >= 15 is 0 Å². The number of benzene rings is 1. The van der Waals surface area contributed by atoms with Crippen molar-refractivity contribution in [2.75, 3.05) is 6.67 Å². The maximum Gasteiger partial charge on any atom is 0.220 e. The number of nitrogens with zero attached hydrogens (tertiary/aromatic N) is 2. The molecular formula is C20H25F2N3O. The summed E-state index contributed by atoms with van der Waals surface area (Å²) in [6.07, 6.45) is 8.69. The minimum absolute atomic E-state index is 0.0258. The Morgan fingerprint density at radius 2 is 2.04 bits per heavy atom. The number of hydrogen-bond acceptors (Lipinski definition) is 2. The number of amides is 1. The number of primary amides is 1. The maximum absolute atomic E-state index is 14.4. The molecule has 2 atom stereocenters. The van der Waals surface area contributed by atoms with Crippen LogP contribution in [0, 0.1) is 11.7 Å². The van der Waals surface area contributed by atoms with Gasteiger partial charge >= 0.3 is 0 Å². The second-order valence-electron chi connectivity index (χ2n) is 6.97. The lowest BCUT2D eigenvalue weighted by Crippen LogP contribution is -2.23. The Morgan fingerprint density at radius 3 is 2.81 bits per heavy atom. The number of carbonyl (C=O) groups is 1. The van der Waals surface area contributed by atoms with Gasteiger partial charge in [-0.3, -0.25) is 9.18 Å². The molecule has 0 fully saturated rings. The topological polar surface area (TPSA) is 60.9 Å². The van der Waals surface area contributed by atoms with E-state index in [1.54, 1.807) is 18.6 Å². The molecule has 0 radical (unpaired) electrons. The maximum atomic E-state index is 14.4. The lowest BCUT2D eigenvalue weighted by Gasteiger charge is -2.16. The van der Waals surface area contributed by atoms with Gasteiger partial charge < -0.3 is 10.3 Å². The summed E-state index contributed by atoms with van der Waals surface area (Å²) in [6, 6.07) is 5.15.